The largest absolute Gasteiger partial charge is 0.419 e. The Morgan fingerprint density at radius 2 is 1.92 bits per heavy atom. The number of hydrogen-bond acceptors (Lipinski definition) is 7. The number of imidazole rings is 1. The van der Waals surface area contributed by atoms with Crippen LogP contribution in [0.15, 0.2) is 30.7 Å². The van der Waals surface area contributed by atoms with Crippen molar-refractivity contribution in [3.8, 4) is 17.3 Å². The van der Waals surface area contributed by atoms with Crippen LogP contribution in [-0.4, -0.2) is 63.3 Å². The molecule has 0 unspecified atom stereocenters. The standard InChI is InChI=1S/C25H25F5N8/c26-19-3-2-15(10-18(19)25(28,29)30)21-13-38(9-8-36-5-1-6-36)24(35-21)16-4-7-37(12-20(16)27)23-17(11-31)22(32)33-14-34-23/h2-3,10,13-14,16,20H,1,4-9,12H2,(H2,32,33,34)/t16-,20-/m1/s1. The fourth-order valence-corrected chi connectivity index (χ4v) is 4.93. The Balaban J connectivity index is 1.44. The Morgan fingerprint density at radius 1 is 1.13 bits per heavy atom. The first kappa shape index (κ1) is 25.8. The Hall–Kier alpha value is -3.79. The summed E-state index contributed by atoms with van der Waals surface area (Å²) in [6.07, 6.45) is -2.00. The maximum atomic E-state index is 15.7. The first-order valence-corrected chi connectivity index (χ1v) is 12.2. The molecular weight excluding hydrogens is 507 g/mol. The van der Waals surface area contributed by atoms with Gasteiger partial charge < -0.3 is 20.1 Å². The van der Waals surface area contributed by atoms with Crippen molar-refractivity contribution in [1.82, 2.24) is 24.4 Å². The molecule has 0 aliphatic carbocycles. The SMILES string of the molecule is N#Cc1c(N)ncnc1N1CC[C@@H](c2nc(-c3ccc(F)c(C(F)(F)F)c3)cn2CCN2CCC2)[C@H](F)C1. The smallest absolute Gasteiger partial charge is 0.382 e. The van der Waals surface area contributed by atoms with Crippen LogP contribution >= 0.6 is 0 Å². The van der Waals surface area contributed by atoms with E-state index in [1.807, 2.05) is 6.07 Å². The van der Waals surface area contributed by atoms with Crippen molar-refractivity contribution in [2.45, 2.75) is 37.7 Å². The summed E-state index contributed by atoms with van der Waals surface area (Å²) in [5, 5.41) is 9.45. The van der Waals surface area contributed by atoms with Crippen molar-refractivity contribution in [1.29, 1.82) is 5.26 Å². The molecule has 2 aliphatic rings. The number of hydrogen-bond donors (Lipinski definition) is 1. The monoisotopic (exact) mass is 532 g/mol. The van der Waals surface area contributed by atoms with Gasteiger partial charge in [-0.15, -0.1) is 0 Å². The third-order valence-electron chi connectivity index (χ3n) is 7.12. The Bertz CT molecular complexity index is 1360. The molecule has 200 valence electrons. The Morgan fingerprint density at radius 3 is 2.58 bits per heavy atom. The molecule has 5 rings (SSSR count). The number of nitrogen functional groups attached to an aromatic ring is 1. The van der Waals surface area contributed by atoms with Crippen LogP contribution in [0.5, 0.6) is 0 Å². The number of rotatable bonds is 6. The van der Waals surface area contributed by atoms with Crippen LogP contribution in [0.2, 0.25) is 0 Å². The van der Waals surface area contributed by atoms with Crippen molar-refractivity contribution in [3.05, 3.63) is 53.5 Å². The number of nitrogens with zero attached hydrogens (tertiary/aromatic N) is 7. The van der Waals surface area contributed by atoms with E-state index in [9.17, 15) is 22.8 Å². The summed E-state index contributed by atoms with van der Waals surface area (Å²) < 4.78 is 71.3. The average molecular weight is 533 g/mol. The topological polar surface area (TPSA) is 99.9 Å². The number of alkyl halides is 4. The summed E-state index contributed by atoms with van der Waals surface area (Å²) in [6, 6.07) is 4.72. The molecule has 2 aromatic heterocycles. The zero-order valence-electron chi connectivity index (χ0n) is 20.3. The predicted octanol–water partition coefficient (Wildman–Crippen LogP) is 3.99. The van der Waals surface area contributed by atoms with E-state index in [1.54, 1.807) is 15.7 Å². The normalized spacial score (nSPS) is 20.3. The lowest BCUT2D eigenvalue weighted by Gasteiger charge is -2.36. The van der Waals surface area contributed by atoms with Crippen LogP contribution in [0.25, 0.3) is 11.3 Å². The number of nitrogens with two attached hydrogens (primary N) is 1. The first-order chi connectivity index (χ1) is 18.2. The molecule has 0 amide bonds. The lowest BCUT2D eigenvalue weighted by atomic mass is 9.93. The molecule has 8 nitrogen and oxygen atoms in total. The minimum absolute atomic E-state index is 0.0127. The molecule has 0 saturated carbocycles. The second-order valence-electron chi connectivity index (χ2n) is 9.49. The van der Waals surface area contributed by atoms with Crippen LogP contribution < -0.4 is 10.6 Å². The van der Waals surface area contributed by atoms with Gasteiger partial charge in [-0.25, -0.2) is 23.7 Å². The highest BCUT2D eigenvalue weighted by atomic mass is 19.4. The summed E-state index contributed by atoms with van der Waals surface area (Å²) >= 11 is 0. The van der Waals surface area contributed by atoms with Crippen molar-refractivity contribution in [2.75, 3.05) is 43.4 Å². The number of piperidine rings is 1. The van der Waals surface area contributed by atoms with E-state index in [-0.39, 0.29) is 35.0 Å². The van der Waals surface area contributed by atoms with Gasteiger partial charge in [-0.3, -0.25) is 0 Å². The van der Waals surface area contributed by atoms with Gasteiger partial charge in [-0.1, -0.05) is 0 Å². The van der Waals surface area contributed by atoms with Gasteiger partial charge in [-0.2, -0.15) is 18.4 Å². The molecule has 2 aliphatic heterocycles. The summed E-state index contributed by atoms with van der Waals surface area (Å²) in [5.74, 6) is -1.30. The van der Waals surface area contributed by atoms with E-state index in [2.05, 4.69) is 19.9 Å². The van der Waals surface area contributed by atoms with Gasteiger partial charge in [0.1, 0.15) is 41.6 Å². The van der Waals surface area contributed by atoms with Gasteiger partial charge in [0, 0.05) is 31.4 Å². The molecule has 4 heterocycles. The van der Waals surface area contributed by atoms with Crippen LogP contribution in [0.4, 0.5) is 33.6 Å². The van der Waals surface area contributed by atoms with E-state index in [1.165, 1.54) is 12.4 Å². The number of nitriles is 1. The number of aromatic nitrogens is 4. The maximum absolute atomic E-state index is 15.7. The zero-order valence-corrected chi connectivity index (χ0v) is 20.3. The first-order valence-electron chi connectivity index (χ1n) is 12.2. The van der Waals surface area contributed by atoms with Crippen molar-refractivity contribution < 1.29 is 22.0 Å². The fraction of sp³-hybridized carbons (Fsp3) is 0.440. The second kappa shape index (κ2) is 10.2. The molecule has 2 fully saturated rings. The lowest BCUT2D eigenvalue weighted by Crippen LogP contribution is -2.43. The molecule has 38 heavy (non-hydrogen) atoms. The summed E-state index contributed by atoms with van der Waals surface area (Å²) in [5.41, 5.74) is 4.81. The van der Waals surface area contributed by atoms with Crippen molar-refractivity contribution in [2.24, 2.45) is 0 Å². The zero-order chi connectivity index (χ0) is 27.0. The Labute approximate surface area is 215 Å². The maximum Gasteiger partial charge on any atom is 0.419 e. The van der Waals surface area contributed by atoms with E-state index >= 15 is 4.39 Å². The van der Waals surface area contributed by atoms with Crippen molar-refractivity contribution >= 4 is 11.6 Å². The molecule has 2 N–H and O–H groups in total. The molecule has 0 bridgehead atoms. The summed E-state index contributed by atoms with van der Waals surface area (Å²) in [4.78, 5) is 16.4. The number of anilines is 2. The van der Waals surface area contributed by atoms with Crippen LogP contribution in [0.1, 0.15) is 35.7 Å². The fourth-order valence-electron chi connectivity index (χ4n) is 4.93. The van der Waals surface area contributed by atoms with E-state index < -0.39 is 29.6 Å². The number of benzene rings is 1. The molecule has 3 aromatic rings. The average Bonchev–Trinajstić information content (AvgIpc) is 3.26. The quantitative estimate of drug-likeness (QED) is 0.480. The third-order valence-corrected chi connectivity index (χ3v) is 7.12. The third kappa shape index (κ3) is 5.00. The van der Waals surface area contributed by atoms with Crippen LogP contribution in [0, 0.1) is 17.1 Å². The van der Waals surface area contributed by atoms with Gasteiger partial charge in [0.05, 0.1) is 23.7 Å². The predicted molar refractivity (Wildman–Crippen MR) is 129 cm³/mol. The molecule has 2 saturated heterocycles. The second-order valence-corrected chi connectivity index (χ2v) is 9.49. The van der Waals surface area contributed by atoms with E-state index in [4.69, 9.17) is 5.73 Å². The molecule has 0 radical (unpaired) electrons. The Kier molecular flexibility index (Phi) is 6.92. The number of likely N-dealkylation sites (tertiary alicyclic amines) is 1. The minimum atomic E-state index is -4.85. The highest BCUT2D eigenvalue weighted by Crippen LogP contribution is 2.37. The highest BCUT2D eigenvalue weighted by molar-refractivity contribution is 5.64. The molecule has 0 spiro atoms. The van der Waals surface area contributed by atoms with E-state index in [0.717, 1.165) is 31.6 Å². The lowest BCUT2D eigenvalue weighted by molar-refractivity contribution is -0.139. The van der Waals surface area contributed by atoms with E-state index in [0.29, 0.717) is 31.9 Å². The molecular formula is C25H25F5N8. The van der Waals surface area contributed by atoms with Gasteiger partial charge in [0.2, 0.25) is 0 Å². The minimum Gasteiger partial charge on any atom is -0.382 e. The van der Waals surface area contributed by atoms with Gasteiger partial charge in [0.25, 0.3) is 0 Å². The molecule has 2 atom stereocenters. The van der Waals surface area contributed by atoms with Crippen LogP contribution in [0.3, 0.4) is 0 Å². The van der Waals surface area contributed by atoms with Gasteiger partial charge in [-0.05, 0) is 44.1 Å². The molecule has 1 aromatic carbocycles. The molecule has 13 heteroatoms. The highest BCUT2D eigenvalue weighted by Gasteiger charge is 2.37. The summed E-state index contributed by atoms with van der Waals surface area (Å²) in [7, 11) is 0. The number of halogens is 5. The summed E-state index contributed by atoms with van der Waals surface area (Å²) in [6.45, 7) is 3.39. The van der Waals surface area contributed by atoms with Gasteiger partial charge in [0.15, 0.2) is 5.82 Å². The van der Waals surface area contributed by atoms with Crippen LogP contribution in [-0.2, 0) is 12.7 Å². The van der Waals surface area contributed by atoms with Gasteiger partial charge >= 0.3 is 6.18 Å². The van der Waals surface area contributed by atoms with Crippen molar-refractivity contribution in [3.63, 3.8) is 0 Å².